The summed E-state index contributed by atoms with van der Waals surface area (Å²) in [6.07, 6.45) is 3.23. The van der Waals surface area contributed by atoms with E-state index in [9.17, 15) is 19.2 Å². The molecule has 6 heterocycles. The van der Waals surface area contributed by atoms with Gasteiger partial charge < -0.3 is 39.5 Å². The number of hydrogen-bond acceptors (Lipinski definition) is 13. The van der Waals surface area contributed by atoms with Crippen LogP contribution in [0, 0.1) is 17.1 Å². The van der Waals surface area contributed by atoms with E-state index in [4.69, 9.17) is 53.2 Å². The summed E-state index contributed by atoms with van der Waals surface area (Å²) < 4.78 is 34.8. The second kappa shape index (κ2) is 26.0. The summed E-state index contributed by atoms with van der Waals surface area (Å²) in [5.41, 5.74) is 11.3. The fourth-order valence-electron chi connectivity index (χ4n) is 12.5. The molecule has 4 aromatic carbocycles. The van der Waals surface area contributed by atoms with Crippen LogP contribution in [0.5, 0.6) is 5.75 Å². The number of halogens is 3. The minimum absolute atomic E-state index is 0.0679. The van der Waals surface area contributed by atoms with Crippen molar-refractivity contribution in [2.75, 3.05) is 104 Å². The van der Waals surface area contributed by atoms with Gasteiger partial charge in [-0.15, -0.1) is 0 Å². The number of nitrogen functional groups attached to an aromatic ring is 1. The van der Waals surface area contributed by atoms with Crippen molar-refractivity contribution in [1.29, 1.82) is 5.26 Å². The van der Waals surface area contributed by atoms with Gasteiger partial charge in [0.05, 0.1) is 75.5 Å². The average molecular weight is 1220 g/mol. The number of ether oxygens (including phenoxy) is 3. The number of rotatable bonds is 17. The highest BCUT2D eigenvalue weighted by Gasteiger charge is 2.60. The van der Waals surface area contributed by atoms with E-state index >= 15 is 4.79 Å². The second-order valence-electron chi connectivity index (χ2n) is 24.1. The largest absolute Gasteiger partial charge is 0.493 e. The molecule has 4 aliphatic heterocycles. The van der Waals surface area contributed by atoms with Crippen molar-refractivity contribution >= 4 is 58.4 Å². The monoisotopic (exact) mass is 1220 g/mol. The van der Waals surface area contributed by atoms with Crippen molar-refractivity contribution in [3.8, 4) is 22.9 Å². The van der Waals surface area contributed by atoms with Crippen LogP contribution in [0.15, 0.2) is 102 Å². The van der Waals surface area contributed by atoms with E-state index in [1.54, 1.807) is 34.8 Å². The molecule has 2 N–H and O–H groups in total. The molecule has 6 aromatic rings. The third-order valence-electron chi connectivity index (χ3n) is 17.7. The van der Waals surface area contributed by atoms with E-state index < -0.39 is 16.9 Å². The Morgan fingerprint density at radius 3 is 2.23 bits per heavy atom. The maximum Gasteiger partial charge on any atom is 0.326 e. The topological polar surface area (TPSA) is 191 Å². The van der Waals surface area contributed by atoms with Crippen molar-refractivity contribution in [2.45, 2.75) is 96.4 Å². The summed E-state index contributed by atoms with van der Waals surface area (Å²) in [4.78, 5) is 64.7. The number of carbonyl (C=O) groups excluding carboxylic acids is 3. The highest BCUT2D eigenvalue weighted by molar-refractivity contribution is 6.30. The number of anilines is 2. The summed E-state index contributed by atoms with van der Waals surface area (Å²) in [7, 11) is 3.38. The first-order chi connectivity index (χ1) is 41.6. The number of aliphatic imine (C=N–C) groups is 1. The summed E-state index contributed by atoms with van der Waals surface area (Å²) in [5, 5.41) is 16.3. The molecule has 3 atom stereocenters. The van der Waals surface area contributed by atoms with Gasteiger partial charge in [-0.05, 0) is 122 Å². The van der Waals surface area contributed by atoms with Gasteiger partial charge in [0, 0.05) is 92.8 Å². The molecule has 0 saturated carbocycles. The number of benzene rings is 4. The van der Waals surface area contributed by atoms with Crippen LogP contribution in [-0.2, 0) is 43.9 Å². The molecule has 0 unspecified atom stereocenters. The van der Waals surface area contributed by atoms with Crippen LogP contribution in [0.3, 0.4) is 0 Å². The van der Waals surface area contributed by atoms with Gasteiger partial charge in [-0.25, -0.2) is 14.2 Å². The molecule has 87 heavy (non-hydrogen) atoms. The number of likely N-dealkylation sites (N-methyl/N-ethyl adjacent to an activating group) is 1. The van der Waals surface area contributed by atoms with E-state index in [0.29, 0.717) is 127 Å². The van der Waals surface area contributed by atoms with Crippen LogP contribution in [-0.4, -0.2) is 156 Å². The standard InChI is InChI=1S/C66H77Cl2FN12O6/c1-9-87-57-38-46(64(2,3)4)16-22-51(57)61-73-65(5,44-12-17-47(67)18-13-44)66(6,45-14-19-48(68)20-15-45)81(61)63(84)78-29-27-77(28-30-78)32-34-86-36-35-85-33-24-58(82)75(7)26-31-80-56-42-76(8)62(83)50-23-21-49(69)39-52(50)54-11-10-25-79(54)55-37-43(41-72-60(55)71)59(56)53(40-70)74-80/h12-23,37-39,41,54H,9-11,24-36,42H2,1-8H3,(H2,71,72)/t54-,65+,66-/m1/s1. The third-order valence-corrected chi connectivity index (χ3v) is 18.2. The SMILES string of the molecule is CCOc1cc(C(C)(C)C)ccc1C1=N[C@@](C)(c2ccc(Cl)cc2)[C@@](C)(c2ccc(Cl)cc2)N1C(=O)N1CCN(CCOCCOCCC(=O)N(C)CCn2nc(C#N)c3c2CN(C)C(=O)c2ccc(F)cc2[C@H]2CCCN2c2cc-3cnc2N)CC1. The molecule has 0 spiro atoms. The average Bonchev–Trinajstić information content (AvgIpc) is 1.56. The number of urea groups is 1. The summed E-state index contributed by atoms with van der Waals surface area (Å²) >= 11 is 13.0. The third kappa shape index (κ3) is 12.6. The number of amides is 4. The van der Waals surface area contributed by atoms with Crippen molar-refractivity contribution in [2.24, 2.45) is 4.99 Å². The number of nitrogens with two attached hydrogens (primary N) is 1. The fraction of sp³-hybridized carbons (Fsp3) is 0.439. The molecular formula is C66H77Cl2FN12O6. The molecule has 458 valence electrons. The summed E-state index contributed by atoms with van der Waals surface area (Å²) in [6, 6.07) is 29.5. The van der Waals surface area contributed by atoms with Crippen LogP contribution in [0.25, 0.3) is 11.1 Å². The number of aromatic nitrogens is 3. The number of fused-ring (bicyclic) bond motifs is 8. The van der Waals surface area contributed by atoms with Gasteiger partial charge in [-0.2, -0.15) is 10.4 Å². The Hall–Kier alpha value is -7.60. The zero-order valence-corrected chi connectivity index (χ0v) is 52.4. The van der Waals surface area contributed by atoms with Gasteiger partial charge in [-0.1, -0.05) is 74.3 Å². The number of piperazine rings is 1. The van der Waals surface area contributed by atoms with Crippen molar-refractivity contribution in [3.63, 3.8) is 0 Å². The molecule has 2 bridgehead atoms. The van der Waals surface area contributed by atoms with Crippen molar-refractivity contribution in [1.82, 2.24) is 39.3 Å². The molecule has 2 fully saturated rings. The lowest BCUT2D eigenvalue weighted by atomic mass is 9.71. The molecule has 0 aliphatic carbocycles. The lowest BCUT2D eigenvalue weighted by Gasteiger charge is -2.47. The van der Waals surface area contributed by atoms with Crippen LogP contribution in [0.1, 0.15) is 116 Å². The number of carbonyl (C=O) groups is 3. The number of pyridine rings is 1. The number of amidine groups is 1. The van der Waals surface area contributed by atoms with Crippen molar-refractivity contribution in [3.05, 3.63) is 158 Å². The maximum absolute atomic E-state index is 15.6. The Bertz CT molecular complexity index is 3600. The normalized spacial score (nSPS) is 19.6. The van der Waals surface area contributed by atoms with E-state index in [1.807, 2.05) is 77.4 Å². The maximum atomic E-state index is 15.6. The van der Waals surface area contributed by atoms with Crippen LogP contribution < -0.4 is 15.4 Å². The van der Waals surface area contributed by atoms with Gasteiger partial charge in [0.25, 0.3) is 5.91 Å². The Labute approximate surface area is 519 Å². The minimum atomic E-state index is -1.05. The van der Waals surface area contributed by atoms with E-state index in [2.05, 4.69) is 67.6 Å². The molecular weight excluding hydrogens is 1150 g/mol. The van der Waals surface area contributed by atoms with E-state index in [-0.39, 0.29) is 73.5 Å². The minimum Gasteiger partial charge on any atom is -0.493 e. The van der Waals surface area contributed by atoms with Gasteiger partial charge in [-0.3, -0.25) is 29.1 Å². The molecule has 4 aliphatic rings. The Balaban J connectivity index is 0.734. The lowest BCUT2D eigenvalue weighted by Crippen LogP contribution is -2.60. The first-order valence-corrected chi connectivity index (χ1v) is 30.6. The Morgan fingerprint density at radius 1 is 0.874 bits per heavy atom. The molecule has 4 amide bonds. The first-order valence-electron chi connectivity index (χ1n) is 29.8. The molecule has 21 heteroatoms. The highest BCUT2D eigenvalue weighted by atomic mass is 35.5. The summed E-state index contributed by atoms with van der Waals surface area (Å²) in [6.45, 7) is 18.4. The van der Waals surface area contributed by atoms with E-state index in [0.717, 1.165) is 28.7 Å². The predicted molar refractivity (Wildman–Crippen MR) is 336 cm³/mol. The Morgan fingerprint density at radius 2 is 1.55 bits per heavy atom. The lowest BCUT2D eigenvalue weighted by molar-refractivity contribution is -0.131. The number of hydrogen-bond donors (Lipinski definition) is 1. The van der Waals surface area contributed by atoms with Crippen molar-refractivity contribution < 1.29 is 33.0 Å². The number of nitrogens with zero attached hydrogens (tertiary/aromatic N) is 11. The van der Waals surface area contributed by atoms with Crippen LogP contribution in [0.4, 0.5) is 20.7 Å². The van der Waals surface area contributed by atoms with E-state index in [1.165, 1.54) is 18.2 Å². The summed E-state index contributed by atoms with van der Waals surface area (Å²) in [5.74, 6) is 0.569. The zero-order valence-electron chi connectivity index (χ0n) is 50.9. The molecule has 0 radical (unpaired) electrons. The zero-order chi connectivity index (χ0) is 62.0. The molecule has 2 saturated heterocycles. The quantitative estimate of drug-likeness (QED) is 0.0852. The fourth-order valence-corrected chi connectivity index (χ4v) is 12.7. The second-order valence-corrected chi connectivity index (χ2v) is 25.0. The first kappa shape index (κ1) is 62.5. The van der Waals surface area contributed by atoms with Gasteiger partial charge in [0.2, 0.25) is 5.91 Å². The van der Waals surface area contributed by atoms with Gasteiger partial charge in [0.15, 0.2) is 5.69 Å². The van der Waals surface area contributed by atoms with Crippen LogP contribution >= 0.6 is 23.2 Å². The molecule has 2 aromatic heterocycles. The number of nitriles is 1. The highest BCUT2D eigenvalue weighted by Crippen LogP contribution is 2.54. The Kier molecular flexibility index (Phi) is 18.7. The smallest absolute Gasteiger partial charge is 0.326 e. The predicted octanol–water partition coefficient (Wildman–Crippen LogP) is 10.7. The van der Waals surface area contributed by atoms with Gasteiger partial charge in [0.1, 0.15) is 40.4 Å². The molecule has 18 nitrogen and oxygen atoms in total. The van der Waals surface area contributed by atoms with Crippen LogP contribution in [0.2, 0.25) is 10.0 Å². The molecule has 10 rings (SSSR count). The van der Waals surface area contributed by atoms with Gasteiger partial charge >= 0.3 is 6.03 Å².